The molecule has 3 nitrogen and oxygen atoms in total. The molecule has 0 heterocycles. The molecule has 0 aromatic heterocycles. The number of nitrogens with zero attached hydrogens (tertiary/aromatic N) is 1. The van der Waals surface area contributed by atoms with Crippen molar-refractivity contribution in [3.05, 3.63) is 0 Å². The van der Waals surface area contributed by atoms with Crippen molar-refractivity contribution in [1.82, 2.24) is 4.90 Å². The molecule has 1 N–H and O–H groups in total. The summed E-state index contributed by atoms with van der Waals surface area (Å²) in [4.78, 5) is 2.04. The van der Waals surface area contributed by atoms with Gasteiger partial charge in [0.05, 0.1) is 5.75 Å². The van der Waals surface area contributed by atoms with Crippen LogP contribution >= 0.6 is 0 Å². The molecule has 0 spiro atoms. The summed E-state index contributed by atoms with van der Waals surface area (Å²) < 4.78 is 18.6. The van der Waals surface area contributed by atoms with Crippen LogP contribution in [0.25, 0.3) is 0 Å². The van der Waals surface area contributed by atoms with Crippen LogP contribution in [0.2, 0.25) is 0 Å². The Hall–Kier alpha value is 0.0700. The molecule has 0 bridgehead atoms. The fraction of sp³-hybridized carbons (Fsp3) is 1.00. The molecular weight excluding hydrogens is 150 g/mol. The monoisotopic (exact) mass is 165 g/mol. The number of hydrogen-bond acceptors (Lipinski definition) is 2. The summed E-state index contributed by atoms with van der Waals surface area (Å²) in [5, 5.41) is 0. The first-order valence-electron chi connectivity index (χ1n) is 3.31. The minimum Gasteiger partial charge on any atom is -0.306 e. The van der Waals surface area contributed by atoms with Gasteiger partial charge >= 0.3 is 0 Å². The Kier molecular flexibility index (Phi) is 4.85. The first kappa shape index (κ1) is 10.1. The van der Waals surface area contributed by atoms with Crippen molar-refractivity contribution in [2.45, 2.75) is 19.9 Å². The highest BCUT2D eigenvalue weighted by atomic mass is 32.2. The van der Waals surface area contributed by atoms with E-state index in [1.54, 1.807) is 0 Å². The van der Waals surface area contributed by atoms with Gasteiger partial charge in [-0.05, 0) is 20.9 Å². The molecule has 0 aliphatic rings. The van der Waals surface area contributed by atoms with E-state index in [4.69, 9.17) is 4.55 Å². The minimum absolute atomic E-state index is 0.342. The van der Waals surface area contributed by atoms with Crippen LogP contribution in [0.4, 0.5) is 0 Å². The molecule has 10 heavy (non-hydrogen) atoms. The Bertz CT molecular complexity index is 116. The summed E-state index contributed by atoms with van der Waals surface area (Å²) in [6.45, 7) is 4.79. The van der Waals surface area contributed by atoms with Gasteiger partial charge in [0.1, 0.15) is 0 Å². The van der Waals surface area contributed by atoms with Crippen LogP contribution in [-0.2, 0) is 11.1 Å². The van der Waals surface area contributed by atoms with E-state index in [1.807, 2.05) is 11.9 Å². The maximum Gasteiger partial charge on any atom is 0.154 e. The average molecular weight is 165 g/mol. The zero-order chi connectivity index (χ0) is 8.15. The molecule has 62 valence electrons. The standard InChI is InChI=1S/C6H15NO2S/c1-6(2)7(3)4-5-10(8)9/h6H,4-5H2,1-3H3,(H,8,9). The topological polar surface area (TPSA) is 40.5 Å². The second-order valence-electron chi connectivity index (χ2n) is 2.60. The maximum atomic E-state index is 10.2. The Balaban J connectivity index is 3.39. The average Bonchev–Trinajstić information content (AvgIpc) is 1.82. The summed E-state index contributed by atoms with van der Waals surface area (Å²) in [7, 11) is 1.94. The van der Waals surface area contributed by atoms with Crippen LogP contribution in [0.5, 0.6) is 0 Å². The molecule has 0 aromatic carbocycles. The summed E-state index contributed by atoms with van der Waals surface area (Å²) >= 11 is -1.64. The van der Waals surface area contributed by atoms with Crippen LogP contribution in [0.3, 0.4) is 0 Å². The third-order valence-electron chi connectivity index (χ3n) is 1.50. The molecule has 0 saturated heterocycles. The van der Waals surface area contributed by atoms with Gasteiger partial charge in [0.2, 0.25) is 0 Å². The summed E-state index contributed by atoms with van der Waals surface area (Å²) in [5.41, 5.74) is 0. The van der Waals surface area contributed by atoms with Crippen LogP contribution in [0, 0.1) is 0 Å². The van der Waals surface area contributed by atoms with Gasteiger partial charge in [-0.2, -0.15) is 0 Å². The lowest BCUT2D eigenvalue weighted by Crippen LogP contribution is -2.30. The molecule has 4 heteroatoms. The van der Waals surface area contributed by atoms with E-state index in [1.165, 1.54) is 0 Å². The number of rotatable bonds is 4. The van der Waals surface area contributed by atoms with Crippen LogP contribution in [0.1, 0.15) is 13.8 Å². The third-order valence-corrected chi connectivity index (χ3v) is 2.03. The normalized spacial score (nSPS) is 14.6. The fourth-order valence-electron chi connectivity index (χ4n) is 0.480. The molecule has 1 atom stereocenters. The largest absolute Gasteiger partial charge is 0.306 e. The molecule has 0 aromatic rings. The first-order valence-corrected chi connectivity index (χ1v) is 4.59. The van der Waals surface area contributed by atoms with Gasteiger partial charge in [-0.3, -0.25) is 0 Å². The Morgan fingerprint density at radius 1 is 1.60 bits per heavy atom. The van der Waals surface area contributed by atoms with Gasteiger partial charge in [-0.1, -0.05) is 0 Å². The Morgan fingerprint density at radius 3 is 2.40 bits per heavy atom. The van der Waals surface area contributed by atoms with E-state index in [-0.39, 0.29) is 0 Å². The number of hydrogen-bond donors (Lipinski definition) is 1. The highest BCUT2D eigenvalue weighted by molar-refractivity contribution is 7.79. The van der Waals surface area contributed by atoms with Crippen molar-refractivity contribution in [3.8, 4) is 0 Å². The van der Waals surface area contributed by atoms with Crippen molar-refractivity contribution >= 4 is 11.1 Å². The van der Waals surface area contributed by atoms with Crippen molar-refractivity contribution < 1.29 is 8.76 Å². The van der Waals surface area contributed by atoms with Crippen LogP contribution in [0.15, 0.2) is 0 Å². The highest BCUT2D eigenvalue weighted by Gasteiger charge is 2.03. The van der Waals surface area contributed by atoms with E-state index in [0.717, 1.165) is 0 Å². The van der Waals surface area contributed by atoms with E-state index in [0.29, 0.717) is 18.3 Å². The SMILES string of the molecule is CC(C)N(C)CCS(=O)O. The van der Waals surface area contributed by atoms with Crippen molar-refractivity contribution in [1.29, 1.82) is 0 Å². The summed E-state index contributed by atoms with van der Waals surface area (Å²) in [6.07, 6.45) is 0. The minimum atomic E-state index is -1.64. The van der Waals surface area contributed by atoms with E-state index >= 15 is 0 Å². The molecule has 0 fully saturated rings. The highest BCUT2D eigenvalue weighted by Crippen LogP contribution is 1.92. The van der Waals surface area contributed by atoms with Crippen LogP contribution in [-0.4, -0.2) is 39.0 Å². The van der Waals surface area contributed by atoms with Crippen molar-refractivity contribution in [2.75, 3.05) is 19.3 Å². The quantitative estimate of drug-likeness (QED) is 0.618. The molecule has 0 radical (unpaired) electrons. The zero-order valence-corrected chi connectivity index (χ0v) is 7.52. The smallest absolute Gasteiger partial charge is 0.154 e. The van der Waals surface area contributed by atoms with E-state index < -0.39 is 11.1 Å². The second kappa shape index (κ2) is 4.82. The molecule has 0 amide bonds. The van der Waals surface area contributed by atoms with Gasteiger partial charge in [0, 0.05) is 12.6 Å². The predicted octanol–water partition coefficient (Wildman–Crippen LogP) is 0.548. The van der Waals surface area contributed by atoms with E-state index in [9.17, 15) is 4.21 Å². The molecule has 0 rings (SSSR count). The summed E-state index contributed by atoms with van der Waals surface area (Å²) in [6, 6.07) is 0.448. The first-order chi connectivity index (χ1) is 4.54. The third kappa shape index (κ3) is 4.90. The van der Waals surface area contributed by atoms with Gasteiger partial charge in [-0.25, -0.2) is 4.21 Å². The molecule has 0 saturated carbocycles. The van der Waals surface area contributed by atoms with Gasteiger partial charge < -0.3 is 9.45 Å². The molecule has 0 aliphatic carbocycles. The van der Waals surface area contributed by atoms with Gasteiger partial charge in [0.15, 0.2) is 11.1 Å². The second-order valence-corrected chi connectivity index (χ2v) is 3.65. The lowest BCUT2D eigenvalue weighted by atomic mass is 10.3. The Labute approximate surface area is 64.7 Å². The molecule has 0 aliphatic heterocycles. The molecule has 1 unspecified atom stereocenters. The van der Waals surface area contributed by atoms with E-state index in [2.05, 4.69) is 13.8 Å². The van der Waals surface area contributed by atoms with Gasteiger partial charge in [0.25, 0.3) is 0 Å². The van der Waals surface area contributed by atoms with Crippen molar-refractivity contribution in [2.24, 2.45) is 0 Å². The fourth-order valence-corrected chi connectivity index (χ4v) is 0.924. The Morgan fingerprint density at radius 2 is 2.10 bits per heavy atom. The maximum absolute atomic E-state index is 10.2. The predicted molar refractivity (Wildman–Crippen MR) is 43.4 cm³/mol. The van der Waals surface area contributed by atoms with Crippen LogP contribution < -0.4 is 0 Å². The lowest BCUT2D eigenvalue weighted by molar-refractivity contribution is 0.289. The zero-order valence-electron chi connectivity index (χ0n) is 6.70. The van der Waals surface area contributed by atoms with Crippen molar-refractivity contribution in [3.63, 3.8) is 0 Å². The summed E-state index contributed by atoms with van der Waals surface area (Å²) in [5.74, 6) is 0.342. The lowest BCUT2D eigenvalue weighted by Gasteiger charge is -2.19. The molecular formula is C6H15NO2S. The van der Waals surface area contributed by atoms with Gasteiger partial charge in [-0.15, -0.1) is 0 Å².